The summed E-state index contributed by atoms with van der Waals surface area (Å²) in [6, 6.07) is 6.81. The van der Waals surface area contributed by atoms with Gasteiger partial charge in [0.1, 0.15) is 5.82 Å². The number of hydrogen-bond acceptors (Lipinski definition) is 2. The fraction of sp³-hybridized carbons (Fsp3) is 0.591. The Bertz CT molecular complexity index is 891. The van der Waals surface area contributed by atoms with Gasteiger partial charge in [0, 0.05) is 62.2 Å². The van der Waals surface area contributed by atoms with E-state index in [4.69, 9.17) is 0 Å². The van der Waals surface area contributed by atoms with Crippen LogP contribution in [0, 0.1) is 18.7 Å². The van der Waals surface area contributed by atoms with Gasteiger partial charge in [0.15, 0.2) is 0 Å². The third kappa shape index (κ3) is 2.70. The molecular formula is C22H28FN3O. The second kappa shape index (κ2) is 6.33. The van der Waals surface area contributed by atoms with Crippen LogP contribution < -0.4 is 0 Å². The van der Waals surface area contributed by atoms with Gasteiger partial charge in [-0.2, -0.15) is 0 Å². The number of aromatic nitrogens is 1. The van der Waals surface area contributed by atoms with Crippen LogP contribution in [0.3, 0.4) is 0 Å². The summed E-state index contributed by atoms with van der Waals surface area (Å²) >= 11 is 0. The summed E-state index contributed by atoms with van der Waals surface area (Å²) in [6.45, 7) is 4.15. The van der Waals surface area contributed by atoms with Crippen molar-refractivity contribution in [2.75, 3.05) is 20.1 Å². The predicted molar refractivity (Wildman–Crippen MR) is 104 cm³/mol. The van der Waals surface area contributed by atoms with Crippen molar-refractivity contribution in [1.82, 2.24) is 14.4 Å². The molecule has 2 aliphatic heterocycles. The summed E-state index contributed by atoms with van der Waals surface area (Å²) in [6.07, 6.45) is 7.53. The predicted octanol–water partition coefficient (Wildman–Crippen LogP) is 3.74. The van der Waals surface area contributed by atoms with E-state index in [0.717, 1.165) is 42.4 Å². The van der Waals surface area contributed by atoms with Gasteiger partial charge >= 0.3 is 0 Å². The minimum Gasteiger partial charge on any atom is -0.344 e. The number of likely N-dealkylation sites (N-methyl/N-ethyl adjacent to an activating group) is 1. The molecule has 4 atom stereocenters. The molecule has 144 valence electrons. The molecule has 5 rings (SSSR count). The van der Waals surface area contributed by atoms with Crippen molar-refractivity contribution in [2.45, 2.75) is 57.2 Å². The van der Waals surface area contributed by atoms with Crippen molar-refractivity contribution in [3.8, 4) is 0 Å². The van der Waals surface area contributed by atoms with Crippen LogP contribution in [0.25, 0.3) is 10.9 Å². The van der Waals surface area contributed by atoms with Gasteiger partial charge in [0.2, 0.25) is 5.91 Å². The zero-order valence-electron chi connectivity index (χ0n) is 16.2. The molecule has 0 spiro atoms. The molecule has 0 unspecified atom stereocenters. The van der Waals surface area contributed by atoms with Gasteiger partial charge in [-0.3, -0.25) is 9.69 Å². The third-order valence-corrected chi connectivity index (χ3v) is 7.32. The van der Waals surface area contributed by atoms with E-state index in [1.54, 1.807) is 6.07 Å². The van der Waals surface area contributed by atoms with E-state index in [2.05, 4.69) is 22.6 Å². The summed E-state index contributed by atoms with van der Waals surface area (Å²) in [5.41, 5.74) is 2.21. The molecule has 0 bridgehead atoms. The summed E-state index contributed by atoms with van der Waals surface area (Å²) in [4.78, 5) is 16.5. The highest BCUT2D eigenvalue weighted by Gasteiger charge is 2.45. The number of aryl methyl sites for hydroxylation is 1. The first-order valence-electron chi connectivity index (χ1n) is 10.3. The average molecular weight is 369 g/mol. The average Bonchev–Trinajstić information content (AvgIpc) is 3.35. The lowest BCUT2D eigenvalue weighted by molar-refractivity contribution is -0.128. The Hall–Kier alpha value is -1.88. The number of benzene rings is 1. The summed E-state index contributed by atoms with van der Waals surface area (Å²) in [5.74, 6) is 0.691. The first-order valence-corrected chi connectivity index (χ1v) is 10.3. The number of rotatable bonds is 2. The van der Waals surface area contributed by atoms with Crippen LogP contribution in [0.15, 0.2) is 24.4 Å². The first-order chi connectivity index (χ1) is 13.0. The molecule has 27 heavy (non-hydrogen) atoms. The molecule has 2 saturated heterocycles. The van der Waals surface area contributed by atoms with E-state index in [1.807, 2.05) is 24.1 Å². The monoisotopic (exact) mass is 369 g/mol. The Morgan fingerprint density at radius 3 is 2.74 bits per heavy atom. The lowest BCUT2D eigenvalue weighted by Crippen LogP contribution is -2.41. The molecule has 2 aromatic rings. The molecule has 1 aromatic carbocycles. The molecule has 1 aromatic heterocycles. The lowest BCUT2D eigenvalue weighted by Gasteiger charge is -2.37. The number of halogens is 1. The molecular weight excluding hydrogens is 341 g/mol. The molecule has 3 heterocycles. The number of carbonyl (C=O) groups excluding carboxylic acids is 1. The summed E-state index contributed by atoms with van der Waals surface area (Å²) < 4.78 is 16.5. The molecule has 1 aliphatic carbocycles. The number of fused-ring (bicyclic) bond motifs is 2. The number of likely N-dealkylation sites (tertiary alicyclic amines) is 2. The van der Waals surface area contributed by atoms with Crippen LogP contribution in [-0.2, 0) is 4.79 Å². The van der Waals surface area contributed by atoms with Crippen LogP contribution in [-0.4, -0.2) is 52.5 Å². The smallest absolute Gasteiger partial charge is 0.223 e. The lowest BCUT2D eigenvalue weighted by atomic mass is 9.89. The van der Waals surface area contributed by atoms with E-state index in [9.17, 15) is 9.18 Å². The van der Waals surface area contributed by atoms with Gasteiger partial charge < -0.3 is 9.47 Å². The van der Waals surface area contributed by atoms with Crippen LogP contribution >= 0.6 is 0 Å². The fourth-order valence-electron chi connectivity index (χ4n) is 5.83. The molecule has 1 saturated carbocycles. The van der Waals surface area contributed by atoms with Crippen LogP contribution in [0.1, 0.15) is 43.7 Å². The molecule has 0 N–H and O–H groups in total. The Kier molecular flexibility index (Phi) is 4.04. The Balaban J connectivity index is 1.37. The maximum atomic E-state index is 14.2. The normalized spacial score (nSPS) is 31.8. The minimum absolute atomic E-state index is 0.123. The topological polar surface area (TPSA) is 28.5 Å². The highest BCUT2D eigenvalue weighted by Crippen LogP contribution is 2.39. The Morgan fingerprint density at radius 2 is 1.93 bits per heavy atom. The molecule has 1 amide bonds. The molecule has 4 nitrogen and oxygen atoms in total. The second-order valence-electron chi connectivity index (χ2n) is 8.81. The Labute approximate surface area is 159 Å². The summed E-state index contributed by atoms with van der Waals surface area (Å²) in [7, 11) is 1.96. The zero-order chi connectivity index (χ0) is 18.7. The van der Waals surface area contributed by atoms with Crippen molar-refractivity contribution < 1.29 is 9.18 Å². The molecule has 3 aliphatic rings. The van der Waals surface area contributed by atoms with Gasteiger partial charge in [-0.1, -0.05) is 6.07 Å². The van der Waals surface area contributed by atoms with Gasteiger partial charge in [-0.15, -0.1) is 0 Å². The molecule has 0 radical (unpaired) electrons. The van der Waals surface area contributed by atoms with Crippen molar-refractivity contribution in [2.24, 2.45) is 5.92 Å². The molecule has 3 fully saturated rings. The van der Waals surface area contributed by atoms with Crippen LogP contribution in [0.4, 0.5) is 4.39 Å². The number of hydrogen-bond donors (Lipinski definition) is 0. The van der Waals surface area contributed by atoms with Gasteiger partial charge in [0.25, 0.3) is 0 Å². The van der Waals surface area contributed by atoms with Crippen molar-refractivity contribution >= 4 is 16.8 Å². The van der Waals surface area contributed by atoms with Crippen molar-refractivity contribution in [3.05, 3.63) is 35.8 Å². The van der Waals surface area contributed by atoms with Crippen LogP contribution in [0.5, 0.6) is 0 Å². The van der Waals surface area contributed by atoms with Crippen LogP contribution in [0.2, 0.25) is 0 Å². The second-order valence-corrected chi connectivity index (χ2v) is 8.81. The highest BCUT2D eigenvalue weighted by atomic mass is 19.1. The third-order valence-electron chi connectivity index (χ3n) is 7.32. The van der Waals surface area contributed by atoms with E-state index in [-0.39, 0.29) is 5.82 Å². The van der Waals surface area contributed by atoms with Gasteiger partial charge in [-0.25, -0.2) is 4.39 Å². The van der Waals surface area contributed by atoms with E-state index >= 15 is 0 Å². The standard InChI is InChI=1S/C22H28FN3O/c1-14-6-7-19(23)18-8-9-26(22(14)18)17-5-3-4-16(11-17)25-12-15-10-21(27)24(2)20(15)13-25/h6-9,15-17,20H,3-5,10-13H2,1-2H3/t15-,16-,17-,20+/m1/s1. The van der Waals surface area contributed by atoms with E-state index in [0.29, 0.717) is 36.4 Å². The SMILES string of the molecule is Cc1ccc(F)c2ccn([C@@H]3CCC[C@@H](N4C[C@H]5CC(=O)N(C)[C@H]5C4)C3)c12. The van der Waals surface area contributed by atoms with E-state index in [1.165, 1.54) is 12.8 Å². The number of amides is 1. The highest BCUT2D eigenvalue weighted by molar-refractivity contribution is 5.84. The maximum absolute atomic E-state index is 14.2. The minimum atomic E-state index is -0.123. The van der Waals surface area contributed by atoms with E-state index < -0.39 is 0 Å². The first kappa shape index (κ1) is 17.2. The largest absolute Gasteiger partial charge is 0.344 e. The van der Waals surface area contributed by atoms with Crippen molar-refractivity contribution in [3.63, 3.8) is 0 Å². The zero-order valence-corrected chi connectivity index (χ0v) is 16.2. The molecule has 5 heteroatoms. The van der Waals surface area contributed by atoms with Gasteiger partial charge in [-0.05, 0) is 50.3 Å². The quantitative estimate of drug-likeness (QED) is 0.807. The number of carbonyl (C=O) groups is 1. The summed E-state index contributed by atoms with van der Waals surface area (Å²) in [5, 5.41) is 0.743. The van der Waals surface area contributed by atoms with Crippen molar-refractivity contribution in [1.29, 1.82) is 0 Å². The van der Waals surface area contributed by atoms with Gasteiger partial charge in [0.05, 0.1) is 5.52 Å². The maximum Gasteiger partial charge on any atom is 0.223 e. The Morgan fingerprint density at radius 1 is 1.11 bits per heavy atom. The number of nitrogens with zero attached hydrogens (tertiary/aromatic N) is 3. The fourth-order valence-corrected chi connectivity index (χ4v) is 5.83.